The highest BCUT2D eigenvalue weighted by Crippen LogP contribution is 2.21. The van der Waals surface area contributed by atoms with Crippen molar-refractivity contribution in [1.82, 2.24) is 42.1 Å². The average molecular weight is 957 g/mol. The topological polar surface area (TPSA) is 352 Å². The highest BCUT2D eigenvalue weighted by atomic mass is 16.3. The normalized spacial score (nSPS) is 16.8. The Morgan fingerprint density at radius 2 is 1.24 bits per heavy atom. The molecule has 2 rings (SSSR count). The number of aromatic hydroxyl groups is 1. The number of hydrogen-bond acceptors (Lipinski definition) is 11. The summed E-state index contributed by atoms with van der Waals surface area (Å²) in [5.41, 5.74) is 16.8. The minimum atomic E-state index is -1.34. The van der Waals surface area contributed by atoms with Crippen LogP contribution in [0.5, 0.6) is 5.75 Å². The van der Waals surface area contributed by atoms with Gasteiger partial charge < -0.3 is 64.4 Å². The zero-order valence-electron chi connectivity index (χ0n) is 40.7. The van der Waals surface area contributed by atoms with Crippen molar-refractivity contribution in [3.05, 3.63) is 29.8 Å². The summed E-state index contributed by atoms with van der Waals surface area (Å²) >= 11 is 0. The molecule has 68 heavy (non-hydrogen) atoms. The Balaban J connectivity index is 2.45. The molecule has 380 valence electrons. The van der Waals surface area contributed by atoms with E-state index in [1.165, 1.54) is 24.0 Å². The van der Waals surface area contributed by atoms with E-state index < -0.39 is 101 Å². The third kappa shape index (κ3) is 19.0. The molecule has 9 atom stereocenters. The van der Waals surface area contributed by atoms with E-state index in [0.29, 0.717) is 57.2 Å². The summed E-state index contributed by atoms with van der Waals surface area (Å²) in [4.78, 5) is 126. The molecule has 0 spiro atoms. The number of benzene rings is 1. The van der Waals surface area contributed by atoms with Gasteiger partial charge in [0.25, 0.3) is 0 Å². The van der Waals surface area contributed by atoms with Gasteiger partial charge in [0.2, 0.25) is 53.2 Å². The number of guanidine groups is 1. The molecule has 0 unspecified atom stereocenters. The van der Waals surface area contributed by atoms with Gasteiger partial charge in [-0.25, -0.2) is 0 Å². The van der Waals surface area contributed by atoms with Gasteiger partial charge in [0.05, 0.1) is 0 Å². The number of nitrogens with zero attached hydrogens (tertiary/aromatic N) is 2. The lowest BCUT2D eigenvalue weighted by Crippen LogP contribution is -2.61. The first kappa shape index (κ1) is 57.6. The predicted molar refractivity (Wildman–Crippen MR) is 255 cm³/mol. The molecule has 0 aromatic heterocycles. The van der Waals surface area contributed by atoms with Crippen molar-refractivity contribution in [3.63, 3.8) is 0 Å². The van der Waals surface area contributed by atoms with E-state index in [2.05, 4.69) is 42.2 Å². The van der Waals surface area contributed by atoms with Gasteiger partial charge in [-0.1, -0.05) is 66.0 Å². The van der Waals surface area contributed by atoms with E-state index in [0.717, 1.165) is 0 Å². The molecule has 1 saturated heterocycles. The molecular weight excluding hydrogens is 881 g/mol. The summed E-state index contributed by atoms with van der Waals surface area (Å²) in [6, 6.07) is -2.01. The lowest BCUT2D eigenvalue weighted by Gasteiger charge is -2.31. The van der Waals surface area contributed by atoms with Gasteiger partial charge in [0.15, 0.2) is 5.96 Å². The third-order valence-corrected chi connectivity index (χ3v) is 11.9. The number of primary amides is 1. The third-order valence-electron chi connectivity index (χ3n) is 11.9. The van der Waals surface area contributed by atoms with E-state index in [9.17, 15) is 48.3 Å². The van der Waals surface area contributed by atoms with Gasteiger partial charge in [-0.15, -0.1) is 0 Å². The fourth-order valence-corrected chi connectivity index (χ4v) is 7.70. The van der Waals surface area contributed by atoms with Crippen molar-refractivity contribution in [2.45, 2.75) is 161 Å². The number of nitrogens with one attached hydrogen (secondary N) is 7. The summed E-state index contributed by atoms with van der Waals surface area (Å²) < 4.78 is 0. The van der Waals surface area contributed by atoms with Crippen LogP contribution in [0.15, 0.2) is 29.3 Å². The smallest absolute Gasteiger partial charge is 0.245 e. The molecule has 22 heteroatoms. The van der Waals surface area contributed by atoms with E-state index >= 15 is 0 Å². The summed E-state index contributed by atoms with van der Waals surface area (Å²) in [6.45, 7) is 12.7. The SMILES string of the molecule is CCC[C@H](NC(=O)[C@H](Cc1ccc(O)cc1)NC(=O)[C@H](NC(=O)[C@H](CCC(N)=O)NC(C)=O)[C@@H](C)CC)C(=O)N[C@H](C(=O)N[C@@H](CCCN=C(N)N)C(=O)N1CCC[C@H]1C(=O)NCC)[C@@H](C)CC. The Bertz CT molecular complexity index is 1910. The van der Waals surface area contributed by atoms with Gasteiger partial charge in [0.1, 0.15) is 48.0 Å². The molecular formula is C46H76N12O10. The zero-order valence-corrected chi connectivity index (χ0v) is 40.7. The molecule has 1 aliphatic rings. The maximum absolute atomic E-state index is 14.3. The maximum Gasteiger partial charge on any atom is 0.245 e. The summed E-state index contributed by atoms with van der Waals surface area (Å²) in [6.07, 6.45) is 2.39. The first-order valence-corrected chi connectivity index (χ1v) is 23.7. The van der Waals surface area contributed by atoms with Gasteiger partial charge in [0, 0.05) is 39.4 Å². The number of likely N-dealkylation sites (N-methyl/N-ethyl adjacent to an activating group) is 1. The highest BCUT2D eigenvalue weighted by molar-refractivity contribution is 5.98. The van der Waals surface area contributed by atoms with Crippen LogP contribution < -0.4 is 54.4 Å². The molecule has 1 aliphatic heterocycles. The van der Waals surface area contributed by atoms with Crippen LogP contribution in [0.2, 0.25) is 0 Å². The van der Waals surface area contributed by atoms with Gasteiger partial charge >= 0.3 is 0 Å². The number of rotatable bonds is 29. The Morgan fingerprint density at radius 3 is 1.74 bits per heavy atom. The molecule has 9 amide bonds. The summed E-state index contributed by atoms with van der Waals surface area (Å²) in [5.74, 6) is -6.75. The van der Waals surface area contributed by atoms with E-state index in [-0.39, 0.29) is 56.3 Å². The van der Waals surface area contributed by atoms with Crippen molar-refractivity contribution < 1.29 is 48.3 Å². The van der Waals surface area contributed by atoms with Crippen LogP contribution in [0.25, 0.3) is 0 Å². The first-order chi connectivity index (χ1) is 32.2. The number of carbonyl (C=O) groups excluding carboxylic acids is 9. The molecule has 1 fully saturated rings. The van der Waals surface area contributed by atoms with Crippen LogP contribution in [-0.4, -0.2) is 131 Å². The van der Waals surface area contributed by atoms with Crippen molar-refractivity contribution >= 4 is 59.1 Å². The standard InChI is InChI=1S/C46H76N12O10/c1-8-14-31(39(62)56-37(26(5)9-2)43(66)54-33(15-12-23-51-46(48)49)45(68)58-24-13-16-35(58)42(65)50-11-4)53-41(64)34(25-29-17-19-30(60)20-18-29)55-44(67)38(27(6)10-3)57-40(63)32(52-28(7)59)21-22-36(47)61/h17-20,26-27,31-35,37-38,60H,8-16,21-25H2,1-7H3,(H2,47,61)(H,50,65)(H,52,59)(H,53,64)(H,54,66)(H,55,67)(H,56,62)(H,57,63)(H4,48,49,51)/t26-,27-,31-,32-,33-,34-,35-,37-,38+/m0/s1. The van der Waals surface area contributed by atoms with Crippen molar-refractivity contribution in [2.75, 3.05) is 19.6 Å². The molecule has 0 saturated carbocycles. The van der Waals surface area contributed by atoms with Crippen LogP contribution in [0.4, 0.5) is 0 Å². The summed E-state index contributed by atoms with van der Waals surface area (Å²) in [7, 11) is 0. The number of phenols is 1. The van der Waals surface area contributed by atoms with Gasteiger partial charge in [-0.2, -0.15) is 0 Å². The van der Waals surface area contributed by atoms with E-state index in [4.69, 9.17) is 17.2 Å². The molecule has 14 N–H and O–H groups in total. The second-order valence-corrected chi connectivity index (χ2v) is 17.4. The van der Waals surface area contributed by atoms with Crippen LogP contribution >= 0.6 is 0 Å². The lowest BCUT2D eigenvalue weighted by atomic mass is 9.96. The largest absolute Gasteiger partial charge is 0.508 e. The Kier molecular flexibility index (Phi) is 24.9. The Labute approximate surface area is 399 Å². The lowest BCUT2D eigenvalue weighted by molar-refractivity contribution is -0.142. The fourth-order valence-electron chi connectivity index (χ4n) is 7.70. The Hall–Kier alpha value is -6.48. The van der Waals surface area contributed by atoms with Gasteiger partial charge in [-0.05, 0) is 75.0 Å². The second kappa shape index (κ2) is 29.3. The fraction of sp³-hybridized carbons (Fsp3) is 0.652. The molecule has 0 aliphatic carbocycles. The van der Waals surface area contributed by atoms with Crippen LogP contribution in [-0.2, 0) is 49.6 Å². The average Bonchev–Trinajstić information content (AvgIpc) is 3.79. The van der Waals surface area contributed by atoms with E-state index in [1.807, 2.05) is 6.92 Å². The minimum Gasteiger partial charge on any atom is -0.508 e. The number of hydrogen-bond donors (Lipinski definition) is 11. The predicted octanol–water partition coefficient (Wildman–Crippen LogP) is -0.798. The number of phenolic OH excluding ortho intramolecular Hbond substituents is 1. The number of amides is 9. The van der Waals surface area contributed by atoms with E-state index in [1.54, 1.807) is 46.8 Å². The van der Waals surface area contributed by atoms with Crippen molar-refractivity contribution in [3.8, 4) is 5.75 Å². The Morgan fingerprint density at radius 1 is 0.706 bits per heavy atom. The molecule has 22 nitrogen and oxygen atoms in total. The number of carbonyl (C=O) groups is 9. The molecule has 1 aromatic rings. The zero-order chi connectivity index (χ0) is 51.1. The van der Waals surface area contributed by atoms with Crippen molar-refractivity contribution in [1.29, 1.82) is 0 Å². The molecule has 0 radical (unpaired) electrons. The second-order valence-electron chi connectivity index (χ2n) is 17.4. The quantitative estimate of drug-likeness (QED) is 0.0267. The van der Waals surface area contributed by atoms with Crippen LogP contribution in [0.3, 0.4) is 0 Å². The maximum atomic E-state index is 14.3. The van der Waals surface area contributed by atoms with Gasteiger partial charge in [-0.3, -0.25) is 48.1 Å². The molecule has 1 aromatic carbocycles. The number of nitrogens with two attached hydrogens (primary N) is 3. The molecule has 0 bridgehead atoms. The number of aliphatic imine (C=N–C) groups is 1. The van der Waals surface area contributed by atoms with Crippen molar-refractivity contribution in [2.24, 2.45) is 34.0 Å². The minimum absolute atomic E-state index is 0.0378. The summed E-state index contributed by atoms with van der Waals surface area (Å²) in [5, 5.41) is 29.0. The van der Waals surface area contributed by atoms with Crippen LogP contribution in [0.1, 0.15) is 118 Å². The first-order valence-electron chi connectivity index (χ1n) is 23.7. The number of likely N-dealkylation sites (tertiary alicyclic amines) is 1. The molecule has 1 heterocycles. The monoisotopic (exact) mass is 957 g/mol. The highest BCUT2D eigenvalue weighted by Gasteiger charge is 2.39. The van der Waals surface area contributed by atoms with Crippen LogP contribution in [0, 0.1) is 11.8 Å².